The second kappa shape index (κ2) is 5.15. The van der Waals surface area contributed by atoms with Gasteiger partial charge in [-0.2, -0.15) is 0 Å². The normalized spacial score (nSPS) is 11.1. The first-order valence-electron chi connectivity index (χ1n) is 5.73. The van der Waals surface area contributed by atoms with Crippen molar-refractivity contribution in [2.75, 3.05) is 0 Å². The minimum absolute atomic E-state index is 0.332. The van der Waals surface area contributed by atoms with E-state index in [-0.39, 0.29) is 0 Å². The Labute approximate surface area is 120 Å². The zero-order valence-corrected chi connectivity index (χ0v) is 11.4. The van der Waals surface area contributed by atoms with Gasteiger partial charge in [-0.1, -0.05) is 11.6 Å². The smallest absolute Gasteiger partial charge is 0.160 e. The summed E-state index contributed by atoms with van der Waals surface area (Å²) >= 11 is 11.9. The van der Waals surface area contributed by atoms with Crippen LogP contribution in [0.3, 0.4) is 0 Å². The lowest BCUT2D eigenvalue weighted by molar-refractivity contribution is 0.769. The number of aromatic nitrogens is 4. The van der Waals surface area contributed by atoms with Gasteiger partial charge in [0, 0.05) is 18.6 Å². The van der Waals surface area contributed by atoms with Gasteiger partial charge >= 0.3 is 0 Å². The highest BCUT2D eigenvalue weighted by Crippen LogP contribution is 2.20. The molecule has 0 amide bonds. The number of rotatable bonds is 3. The summed E-state index contributed by atoms with van der Waals surface area (Å²) in [4.78, 5) is 12.8. The molecule has 3 aromatic heterocycles. The topological polar surface area (TPSA) is 43.6 Å². The van der Waals surface area contributed by atoms with E-state index in [1.165, 1.54) is 0 Å². The Balaban J connectivity index is 2.11. The fourth-order valence-corrected chi connectivity index (χ4v) is 2.33. The van der Waals surface area contributed by atoms with Crippen LogP contribution in [0.2, 0.25) is 5.02 Å². The first-order valence-corrected chi connectivity index (χ1v) is 6.64. The fourth-order valence-electron chi connectivity index (χ4n) is 1.97. The summed E-state index contributed by atoms with van der Waals surface area (Å²) in [7, 11) is 0. The van der Waals surface area contributed by atoms with E-state index in [4.69, 9.17) is 23.2 Å². The van der Waals surface area contributed by atoms with Crippen molar-refractivity contribution in [3.05, 3.63) is 53.2 Å². The molecule has 96 valence electrons. The van der Waals surface area contributed by atoms with E-state index in [1.807, 2.05) is 16.7 Å². The van der Waals surface area contributed by atoms with Crippen LogP contribution in [0.1, 0.15) is 11.4 Å². The molecule has 19 heavy (non-hydrogen) atoms. The van der Waals surface area contributed by atoms with Gasteiger partial charge in [0.1, 0.15) is 11.3 Å². The summed E-state index contributed by atoms with van der Waals surface area (Å²) < 4.78 is 1.99. The van der Waals surface area contributed by atoms with Crippen LogP contribution in [-0.2, 0) is 12.4 Å². The average Bonchev–Trinajstić information content (AvgIpc) is 2.77. The van der Waals surface area contributed by atoms with Crippen LogP contribution in [0, 0.1) is 0 Å². The Bertz CT molecular complexity index is 709. The van der Waals surface area contributed by atoms with Crippen molar-refractivity contribution in [2.24, 2.45) is 0 Å². The van der Waals surface area contributed by atoms with Crippen molar-refractivity contribution < 1.29 is 0 Å². The Morgan fingerprint density at radius 3 is 2.74 bits per heavy atom. The predicted molar refractivity (Wildman–Crippen MR) is 75.4 cm³/mol. The van der Waals surface area contributed by atoms with Gasteiger partial charge in [-0.05, 0) is 23.8 Å². The van der Waals surface area contributed by atoms with Gasteiger partial charge in [-0.3, -0.25) is 4.98 Å². The zero-order chi connectivity index (χ0) is 13.2. The van der Waals surface area contributed by atoms with Crippen LogP contribution >= 0.6 is 23.2 Å². The molecule has 0 spiro atoms. The van der Waals surface area contributed by atoms with Crippen LogP contribution in [0.4, 0.5) is 0 Å². The van der Waals surface area contributed by atoms with E-state index in [0.717, 1.165) is 22.6 Å². The molecule has 3 rings (SSSR count). The summed E-state index contributed by atoms with van der Waals surface area (Å²) in [5.41, 5.74) is 2.67. The van der Waals surface area contributed by atoms with E-state index in [2.05, 4.69) is 15.0 Å². The highest BCUT2D eigenvalue weighted by Gasteiger charge is 2.11. The summed E-state index contributed by atoms with van der Waals surface area (Å²) in [6, 6.07) is 5.71. The molecule has 0 radical (unpaired) electrons. The molecular weight excluding hydrogens is 283 g/mol. The summed E-state index contributed by atoms with van der Waals surface area (Å²) in [5.74, 6) is 1.11. The number of imidazole rings is 1. The maximum absolute atomic E-state index is 5.95. The molecule has 6 heteroatoms. The predicted octanol–water partition coefficient (Wildman–Crippen LogP) is 3.27. The molecule has 0 fully saturated rings. The van der Waals surface area contributed by atoms with Crippen molar-refractivity contribution in [2.45, 2.75) is 12.4 Å². The lowest BCUT2D eigenvalue weighted by Gasteiger charge is -2.06. The van der Waals surface area contributed by atoms with Crippen molar-refractivity contribution in [3.8, 4) is 0 Å². The average molecular weight is 293 g/mol. The zero-order valence-electron chi connectivity index (χ0n) is 9.92. The lowest BCUT2D eigenvalue weighted by atomic mass is 10.2. The summed E-state index contributed by atoms with van der Waals surface area (Å²) in [6.45, 7) is 0.662. The monoisotopic (exact) mass is 292 g/mol. The molecular formula is C13H10Cl2N4. The second-order valence-corrected chi connectivity index (χ2v) is 4.80. The van der Waals surface area contributed by atoms with E-state index >= 15 is 0 Å². The molecule has 0 saturated heterocycles. The minimum Gasteiger partial charge on any atom is -0.307 e. The van der Waals surface area contributed by atoms with Crippen LogP contribution in [0.15, 0.2) is 36.8 Å². The molecule has 0 unspecified atom stereocenters. The van der Waals surface area contributed by atoms with E-state index in [0.29, 0.717) is 17.4 Å². The van der Waals surface area contributed by atoms with Gasteiger partial charge in [0.25, 0.3) is 0 Å². The molecule has 0 aliphatic carbocycles. The third-order valence-corrected chi connectivity index (χ3v) is 3.29. The van der Waals surface area contributed by atoms with Gasteiger partial charge in [0.05, 0.1) is 17.4 Å². The van der Waals surface area contributed by atoms with Gasteiger partial charge in [-0.15, -0.1) is 11.6 Å². The Morgan fingerprint density at radius 2 is 2.00 bits per heavy atom. The number of hydrogen-bond acceptors (Lipinski definition) is 3. The first-order chi connectivity index (χ1) is 9.28. The van der Waals surface area contributed by atoms with E-state index in [1.54, 1.807) is 24.7 Å². The van der Waals surface area contributed by atoms with Crippen LogP contribution in [-0.4, -0.2) is 19.5 Å². The minimum atomic E-state index is 0.332. The Morgan fingerprint density at radius 1 is 1.21 bits per heavy atom. The third kappa shape index (κ3) is 2.41. The Kier molecular flexibility index (Phi) is 3.36. The van der Waals surface area contributed by atoms with Crippen LogP contribution in [0.25, 0.3) is 11.2 Å². The molecule has 0 saturated carbocycles. The molecule has 0 bridgehead atoms. The number of pyridine rings is 2. The first kappa shape index (κ1) is 12.4. The Hall–Kier alpha value is -1.65. The molecule has 0 aliphatic heterocycles. The molecule has 3 aromatic rings. The van der Waals surface area contributed by atoms with Gasteiger partial charge in [-0.25, -0.2) is 9.97 Å². The van der Waals surface area contributed by atoms with Crippen molar-refractivity contribution in [1.29, 1.82) is 0 Å². The molecule has 3 heterocycles. The summed E-state index contributed by atoms with van der Waals surface area (Å²) in [5, 5.41) is 0.571. The van der Waals surface area contributed by atoms with E-state index < -0.39 is 0 Å². The van der Waals surface area contributed by atoms with Crippen molar-refractivity contribution in [1.82, 2.24) is 19.5 Å². The molecule has 0 N–H and O–H groups in total. The number of nitrogens with zero attached hydrogens (tertiary/aromatic N) is 4. The summed E-state index contributed by atoms with van der Waals surface area (Å²) in [6.07, 6.45) is 5.14. The quantitative estimate of drug-likeness (QED) is 0.696. The SMILES string of the molecule is ClCc1nc2cc(Cl)cnc2n1Cc1ccncc1. The highest BCUT2D eigenvalue weighted by atomic mass is 35.5. The molecule has 0 aromatic carbocycles. The second-order valence-electron chi connectivity index (χ2n) is 4.10. The van der Waals surface area contributed by atoms with Crippen molar-refractivity contribution in [3.63, 3.8) is 0 Å². The fraction of sp³-hybridized carbons (Fsp3) is 0.154. The third-order valence-electron chi connectivity index (χ3n) is 2.84. The molecule has 4 nitrogen and oxygen atoms in total. The van der Waals surface area contributed by atoms with Crippen LogP contribution < -0.4 is 0 Å². The number of halogens is 2. The lowest BCUT2D eigenvalue weighted by Crippen LogP contribution is -2.04. The number of hydrogen-bond donors (Lipinski definition) is 0. The maximum atomic E-state index is 5.95. The van der Waals surface area contributed by atoms with E-state index in [9.17, 15) is 0 Å². The van der Waals surface area contributed by atoms with Gasteiger partial charge in [0.15, 0.2) is 5.65 Å². The molecule has 0 aliphatic rings. The highest BCUT2D eigenvalue weighted by molar-refractivity contribution is 6.31. The standard InChI is InChI=1S/C13H10Cl2N4/c14-6-12-18-11-5-10(15)7-17-13(11)19(12)8-9-1-3-16-4-2-9/h1-5,7H,6,8H2. The number of fused-ring (bicyclic) bond motifs is 1. The largest absolute Gasteiger partial charge is 0.307 e. The van der Waals surface area contributed by atoms with Crippen LogP contribution in [0.5, 0.6) is 0 Å². The van der Waals surface area contributed by atoms with Gasteiger partial charge < -0.3 is 4.57 Å². The molecule has 0 atom stereocenters. The van der Waals surface area contributed by atoms with Crippen molar-refractivity contribution >= 4 is 34.4 Å². The number of alkyl halides is 1. The maximum Gasteiger partial charge on any atom is 0.160 e. The van der Waals surface area contributed by atoms with Gasteiger partial charge in [0.2, 0.25) is 0 Å².